The second-order valence-electron chi connectivity index (χ2n) is 8.04. The number of carbonyl (C=O) groups excluding carboxylic acids is 2. The van der Waals surface area contributed by atoms with Gasteiger partial charge < -0.3 is 4.57 Å². The van der Waals surface area contributed by atoms with Gasteiger partial charge in [0.25, 0.3) is 11.1 Å². The highest BCUT2D eigenvalue weighted by Gasteiger charge is 2.35. The molecule has 2 amide bonds. The molecule has 0 aliphatic carbocycles. The molecule has 0 atom stereocenters. The zero-order chi connectivity index (χ0) is 23.1. The third kappa shape index (κ3) is 4.05. The minimum atomic E-state index is -0.244. The molecule has 0 spiro atoms. The molecule has 0 unspecified atom stereocenters. The van der Waals surface area contributed by atoms with Crippen LogP contribution in [0.2, 0.25) is 0 Å². The number of carbonyl (C=O) groups is 2. The summed E-state index contributed by atoms with van der Waals surface area (Å²) in [4.78, 5) is 27.7. The molecule has 1 aliphatic rings. The molecule has 6 heteroatoms. The largest absolute Gasteiger partial charge is 0.318 e. The van der Waals surface area contributed by atoms with E-state index >= 15 is 0 Å². The fourth-order valence-electron chi connectivity index (χ4n) is 4.30. The van der Waals surface area contributed by atoms with Gasteiger partial charge in [-0.15, -0.1) is 0 Å². The van der Waals surface area contributed by atoms with Crippen LogP contribution in [0, 0.1) is 13.8 Å². The van der Waals surface area contributed by atoms with Crippen LogP contribution in [0.15, 0.2) is 82.2 Å². The number of aromatic nitrogens is 1. The number of thioether (sulfide) groups is 1. The number of nitrogens with zero attached hydrogens (tertiary/aromatic N) is 2. The van der Waals surface area contributed by atoms with Crippen molar-refractivity contribution in [3.63, 3.8) is 0 Å². The van der Waals surface area contributed by atoms with Crippen molar-refractivity contribution < 1.29 is 9.59 Å². The smallest absolute Gasteiger partial charge is 0.293 e. The zero-order valence-electron chi connectivity index (χ0n) is 18.2. The maximum atomic E-state index is 13.2. The first-order chi connectivity index (χ1) is 15.9. The number of fused-ring (bicyclic) bond motifs is 1. The molecule has 3 aromatic carbocycles. The number of hydrogen-bond donors (Lipinski definition) is 0. The summed E-state index contributed by atoms with van der Waals surface area (Å²) in [5, 5.41) is 1.92. The summed E-state index contributed by atoms with van der Waals surface area (Å²) in [7, 11) is 0. The Kier molecular flexibility index (Phi) is 5.72. The Labute approximate surface area is 205 Å². The van der Waals surface area contributed by atoms with Crippen molar-refractivity contribution in [3.05, 3.63) is 105 Å². The SMILES string of the molecule is Cc1cc(/C=C2\SC(=O)N(Cc3cccc4ccccc34)C2=O)c(C)n1-c1ccc(Br)cc1. The fourth-order valence-corrected chi connectivity index (χ4v) is 5.39. The van der Waals surface area contributed by atoms with Gasteiger partial charge >= 0.3 is 0 Å². The minimum Gasteiger partial charge on any atom is -0.318 e. The Hall–Kier alpha value is -3.09. The molecule has 5 rings (SSSR count). The Balaban J connectivity index is 1.45. The maximum Gasteiger partial charge on any atom is 0.293 e. The molecule has 1 aliphatic heterocycles. The standard InChI is InChI=1S/C27H21BrN2O2S/c1-17-14-21(18(2)30(17)23-12-10-22(28)11-13-23)15-25-26(31)29(27(32)33-25)16-20-8-5-7-19-6-3-4-9-24(19)20/h3-15H,16H2,1-2H3/b25-15-. The average Bonchev–Trinajstić information content (AvgIpc) is 3.24. The lowest BCUT2D eigenvalue weighted by atomic mass is 10.0. The van der Waals surface area contributed by atoms with Gasteiger partial charge in [0.05, 0.1) is 11.4 Å². The number of rotatable bonds is 4. The Morgan fingerprint density at radius 1 is 0.939 bits per heavy atom. The van der Waals surface area contributed by atoms with E-state index in [0.717, 1.165) is 55.2 Å². The monoisotopic (exact) mass is 516 g/mol. The minimum absolute atomic E-state index is 0.235. The van der Waals surface area contributed by atoms with E-state index in [9.17, 15) is 9.59 Å². The van der Waals surface area contributed by atoms with Crippen LogP contribution in [0.3, 0.4) is 0 Å². The van der Waals surface area contributed by atoms with Crippen LogP contribution < -0.4 is 0 Å². The molecule has 4 aromatic rings. The number of benzene rings is 3. The van der Waals surface area contributed by atoms with Crippen LogP contribution in [-0.4, -0.2) is 20.6 Å². The summed E-state index contributed by atoms with van der Waals surface area (Å²) in [6.07, 6.45) is 1.84. The van der Waals surface area contributed by atoms with E-state index in [-0.39, 0.29) is 17.7 Å². The molecule has 4 nitrogen and oxygen atoms in total. The van der Waals surface area contributed by atoms with E-state index in [1.165, 1.54) is 4.90 Å². The van der Waals surface area contributed by atoms with Gasteiger partial charge in [-0.2, -0.15) is 0 Å². The molecule has 2 heterocycles. The number of aryl methyl sites for hydroxylation is 1. The summed E-state index contributed by atoms with van der Waals surface area (Å²) in [6, 6.07) is 24.1. The topological polar surface area (TPSA) is 42.3 Å². The van der Waals surface area contributed by atoms with Crippen molar-refractivity contribution in [1.29, 1.82) is 0 Å². The van der Waals surface area contributed by atoms with E-state index < -0.39 is 0 Å². The third-order valence-electron chi connectivity index (χ3n) is 5.92. The Morgan fingerprint density at radius 2 is 1.67 bits per heavy atom. The summed E-state index contributed by atoms with van der Waals surface area (Å²) in [6.45, 7) is 4.33. The molecular formula is C27H21BrN2O2S. The molecular weight excluding hydrogens is 496 g/mol. The molecule has 1 fully saturated rings. The van der Waals surface area contributed by atoms with Crippen LogP contribution in [0.5, 0.6) is 0 Å². The highest BCUT2D eigenvalue weighted by atomic mass is 79.9. The number of hydrogen-bond acceptors (Lipinski definition) is 3. The zero-order valence-corrected chi connectivity index (χ0v) is 20.6. The lowest BCUT2D eigenvalue weighted by molar-refractivity contribution is -0.123. The van der Waals surface area contributed by atoms with Gasteiger partial charge in [-0.1, -0.05) is 58.4 Å². The van der Waals surface area contributed by atoms with Gasteiger partial charge in [0.1, 0.15) is 0 Å². The van der Waals surface area contributed by atoms with Gasteiger partial charge in [0.15, 0.2) is 0 Å². The van der Waals surface area contributed by atoms with Crippen LogP contribution in [0.25, 0.3) is 22.5 Å². The van der Waals surface area contributed by atoms with Gasteiger partial charge in [-0.3, -0.25) is 14.5 Å². The van der Waals surface area contributed by atoms with Gasteiger partial charge in [0, 0.05) is 21.5 Å². The second-order valence-corrected chi connectivity index (χ2v) is 9.95. The van der Waals surface area contributed by atoms with Crippen molar-refractivity contribution in [3.8, 4) is 5.69 Å². The highest BCUT2D eigenvalue weighted by molar-refractivity contribution is 9.10. The second kappa shape index (κ2) is 8.69. The maximum absolute atomic E-state index is 13.2. The van der Waals surface area contributed by atoms with Gasteiger partial charge in [-0.05, 0) is 83.9 Å². The van der Waals surface area contributed by atoms with E-state index in [0.29, 0.717) is 4.91 Å². The molecule has 164 valence electrons. The number of amides is 2. The normalized spacial score (nSPS) is 15.2. The molecule has 33 heavy (non-hydrogen) atoms. The van der Waals surface area contributed by atoms with Crippen molar-refractivity contribution >= 4 is 55.7 Å². The first kappa shape index (κ1) is 21.7. The lowest BCUT2D eigenvalue weighted by Gasteiger charge is -2.14. The molecule has 0 radical (unpaired) electrons. The van der Waals surface area contributed by atoms with Crippen LogP contribution in [-0.2, 0) is 11.3 Å². The fraction of sp³-hybridized carbons (Fsp3) is 0.111. The molecule has 0 saturated carbocycles. The van der Waals surface area contributed by atoms with Crippen LogP contribution in [0.4, 0.5) is 4.79 Å². The van der Waals surface area contributed by atoms with E-state index in [1.807, 2.05) is 86.7 Å². The summed E-state index contributed by atoms with van der Waals surface area (Å²) >= 11 is 4.48. The Bertz CT molecular complexity index is 1430. The highest BCUT2D eigenvalue weighted by Crippen LogP contribution is 2.35. The summed E-state index contributed by atoms with van der Waals surface area (Å²) in [5.74, 6) is -0.244. The average molecular weight is 517 g/mol. The van der Waals surface area contributed by atoms with Crippen molar-refractivity contribution in [2.75, 3.05) is 0 Å². The van der Waals surface area contributed by atoms with Crippen LogP contribution >= 0.6 is 27.7 Å². The molecule has 1 saturated heterocycles. The van der Waals surface area contributed by atoms with Crippen molar-refractivity contribution in [1.82, 2.24) is 9.47 Å². The lowest BCUT2D eigenvalue weighted by Crippen LogP contribution is -2.27. The quantitative estimate of drug-likeness (QED) is 0.268. The third-order valence-corrected chi connectivity index (χ3v) is 7.36. The van der Waals surface area contributed by atoms with Gasteiger partial charge in [0.2, 0.25) is 0 Å². The van der Waals surface area contributed by atoms with E-state index in [2.05, 4.69) is 26.6 Å². The van der Waals surface area contributed by atoms with E-state index in [1.54, 1.807) is 0 Å². The molecule has 0 N–H and O–H groups in total. The first-order valence-corrected chi connectivity index (χ1v) is 12.2. The number of halogens is 1. The summed E-state index contributed by atoms with van der Waals surface area (Å²) < 4.78 is 3.17. The molecule has 1 aromatic heterocycles. The predicted octanol–water partition coefficient (Wildman–Crippen LogP) is 7.25. The summed E-state index contributed by atoms with van der Waals surface area (Å²) in [5.41, 5.74) is 5.04. The van der Waals surface area contributed by atoms with Gasteiger partial charge in [-0.25, -0.2) is 0 Å². The van der Waals surface area contributed by atoms with Crippen molar-refractivity contribution in [2.45, 2.75) is 20.4 Å². The molecule has 0 bridgehead atoms. The number of imide groups is 1. The van der Waals surface area contributed by atoms with Crippen molar-refractivity contribution in [2.24, 2.45) is 0 Å². The van der Waals surface area contributed by atoms with E-state index in [4.69, 9.17) is 0 Å². The predicted molar refractivity (Wildman–Crippen MR) is 138 cm³/mol. The Morgan fingerprint density at radius 3 is 2.45 bits per heavy atom. The first-order valence-electron chi connectivity index (χ1n) is 10.6. The van der Waals surface area contributed by atoms with Crippen LogP contribution in [0.1, 0.15) is 22.5 Å².